The summed E-state index contributed by atoms with van der Waals surface area (Å²) >= 11 is 1.35. The summed E-state index contributed by atoms with van der Waals surface area (Å²) in [5, 5.41) is 0.904. The summed E-state index contributed by atoms with van der Waals surface area (Å²) in [5.74, 6) is 1.26. The highest BCUT2D eigenvalue weighted by molar-refractivity contribution is 7.20. The van der Waals surface area contributed by atoms with Crippen LogP contribution in [0.3, 0.4) is 0 Å². The smallest absolute Gasteiger partial charge is 0.264 e. The van der Waals surface area contributed by atoms with Crippen LogP contribution in [0.1, 0.15) is 40.5 Å². The van der Waals surface area contributed by atoms with E-state index in [1.807, 2.05) is 29.2 Å². The second-order valence-corrected chi connectivity index (χ2v) is 8.29. The molecule has 0 aliphatic carbocycles. The maximum absolute atomic E-state index is 13.5. The number of benzene rings is 2. The second-order valence-electron chi connectivity index (χ2n) is 7.21. The summed E-state index contributed by atoms with van der Waals surface area (Å²) < 4.78 is 25.8. The van der Waals surface area contributed by atoms with Crippen LogP contribution in [0.15, 0.2) is 42.5 Å². The van der Waals surface area contributed by atoms with Gasteiger partial charge in [-0.1, -0.05) is 12.1 Å². The molecule has 1 atom stereocenters. The number of ether oxygens (including phenoxy) is 2. The molecule has 6 heteroatoms. The highest BCUT2D eigenvalue weighted by Gasteiger charge is 2.32. The zero-order valence-corrected chi connectivity index (χ0v) is 16.1. The number of hydrogen-bond acceptors (Lipinski definition) is 4. The van der Waals surface area contributed by atoms with Crippen LogP contribution in [0.2, 0.25) is 0 Å². The lowest BCUT2D eigenvalue weighted by molar-refractivity contribution is 0.0740. The Kier molecular flexibility index (Phi) is 4.43. The molecule has 3 aromatic rings. The maximum Gasteiger partial charge on any atom is 0.264 e. The molecule has 2 aliphatic heterocycles. The highest BCUT2D eigenvalue weighted by atomic mass is 32.1. The van der Waals surface area contributed by atoms with Crippen molar-refractivity contribution in [2.45, 2.75) is 25.3 Å². The van der Waals surface area contributed by atoms with Crippen molar-refractivity contribution in [1.29, 1.82) is 0 Å². The van der Waals surface area contributed by atoms with Crippen molar-refractivity contribution in [1.82, 2.24) is 4.90 Å². The lowest BCUT2D eigenvalue weighted by Crippen LogP contribution is -2.29. The van der Waals surface area contributed by atoms with Gasteiger partial charge in [-0.2, -0.15) is 0 Å². The van der Waals surface area contributed by atoms with E-state index in [-0.39, 0.29) is 17.8 Å². The van der Waals surface area contributed by atoms with E-state index in [0.717, 1.165) is 53.0 Å². The number of likely N-dealkylation sites (tertiary alicyclic amines) is 1. The van der Waals surface area contributed by atoms with Crippen LogP contribution in [-0.2, 0) is 0 Å². The Bertz CT molecular complexity index is 1050. The molecule has 2 aromatic carbocycles. The topological polar surface area (TPSA) is 38.8 Å². The number of rotatable bonds is 2. The van der Waals surface area contributed by atoms with Gasteiger partial charge in [-0.3, -0.25) is 4.79 Å². The number of nitrogens with zero attached hydrogens (tertiary/aromatic N) is 1. The average molecular weight is 397 g/mol. The van der Waals surface area contributed by atoms with Gasteiger partial charge in [0, 0.05) is 17.7 Å². The minimum Gasteiger partial charge on any atom is -0.490 e. The van der Waals surface area contributed by atoms with Crippen LogP contribution in [-0.4, -0.2) is 30.6 Å². The minimum atomic E-state index is -0.278. The predicted molar refractivity (Wildman–Crippen MR) is 107 cm³/mol. The molecule has 0 spiro atoms. The largest absolute Gasteiger partial charge is 0.490 e. The molecule has 0 unspecified atom stereocenters. The Morgan fingerprint density at radius 1 is 1.04 bits per heavy atom. The highest BCUT2D eigenvalue weighted by Crippen LogP contribution is 2.39. The fourth-order valence-corrected chi connectivity index (χ4v) is 5.04. The monoisotopic (exact) mass is 397 g/mol. The van der Waals surface area contributed by atoms with Crippen molar-refractivity contribution in [3.05, 3.63) is 58.7 Å². The summed E-state index contributed by atoms with van der Waals surface area (Å²) in [5.41, 5.74) is 1.07. The maximum atomic E-state index is 13.5. The first-order chi connectivity index (χ1) is 13.7. The second kappa shape index (κ2) is 7.09. The van der Waals surface area contributed by atoms with Crippen molar-refractivity contribution in [2.24, 2.45) is 0 Å². The van der Waals surface area contributed by atoms with E-state index in [2.05, 4.69) is 0 Å². The van der Waals surface area contributed by atoms with Crippen LogP contribution in [0, 0.1) is 5.82 Å². The van der Waals surface area contributed by atoms with Gasteiger partial charge in [-0.25, -0.2) is 4.39 Å². The normalized spacial score (nSPS) is 19.0. The Balaban J connectivity index is 1.44. The van der Waals surface area contributed by atoms with Crippen LogP contribution in [0.4, 0.5) is 4.39 Å². The first-order valence-electron chi connectivity index (χ1n) is 9.59. The third-order valence-electron chi connectivity index (χ3n) is 5.36. The summed E-state index contributed by atoms with van der Waals surface area (Å²) in [4.78, 5) is 15.8. The van der Waals surface area contributed by atoms with Crippen molar-refractivity contribution >= 4 is 27.3 Å². The van der Waals surface area contributed by atoms with Gasteiger partial charge in [0.05, 0.1) is 24.1 Å². The van der Waals surface area contributed by atoms with Gasteiger partial charge in [0.15, 0.2) is 11.5 Å². The first-order valence-corrected chi connectivity index (χ1v) is 10.4. The molecule has 28 heavy (non-hydrogen) atoms. The fourth-order valence-electron chi connectivity index (χ4n) is 4.00. The van der Waals surface area contributed by atoms with Crippen LogP contribution in [0.25, 0.3) is 10.1 Å². The van der Waals surface area contributed by atoms with Gasteiger partial charge in [-0.05, 0) is 54.1 Å². The summed E-state index contributed by atoms with van der Waals surface area (Å²) in [6.45, 7) is 2.02. The SMILES string of the molecule is O=C(c1cc2ccc(F)cc2s1)N1CCC[C@@H]1c1ccc2c(c1)OCCCO2. The summed E-state index contributed by atoms with van der Waals surface area (Å²) in [7, 11) is 0. The van der Waals surface area contributed by atoms with Gasteiger partial charge < -0.3 is 14.4 Å². The van der Waals surface area contributed by atoms with Gasteiger partial charge >= 0.3 is 0 Å². The number of fused-ring (bicyclic) bond motifs is 2. The average Bonchev–Trinajstić information content (AvgIpc) is 3.28. The van der Waals surface area contributed by atoms with Crippen molar-refractivity contribution in [2.75, 3.05) is 19.8 Å². The molecule has 1 fully saturated rings. The number of halogens is 1. The standard InChI is InChI=1S/C22H20FNO3S/c23-16-6-4-15-12-21(28-20(15)13-16)22(25)24-8-1-3-17(24)14-5-7-18-19(11-14)27-10-2-9-26-18/h4-7,11-13,17H,1-3,8-10H2/t17-/m1/s1. The molecule has 0 bridgehead atoms. The number of amides is 1. The molecule has 0 N–H and O–H groups in total. The summed E-state index contributed by atoms with van der Waals surface area (Å²) in [6.07, 6.45) is 2.75. The van der Waals surface area contributed by atoms with E-state index in [1.54, 1.807) is 6.07 Å². The van der Waals surface area contributed by atoms with Crippen LogP contribution < -0.4 is 9.47 Å². The van der Waals surface area contributed by atoms with E-state index in [0.29, 0.717) is 18.1 Å². The van der Waals surface area contributed by atoms with Gasteiger partial charge in [0.1, 0.15) is 5.82 Å². The van der Waals surface area contributed by atoms with Crippen LogP contribution >= 0.6 is 11.3 Å². The molecule has 1 aromatic heterocycles. The van der Waals surface area contributed by atoms with E-state index >= 15 is 0 Å². The zero-order valence-electron chi connectivity index (χ0n) is 15.3. The number of hydrogen-bond donors (Lipinski definition) is 0. The van der Waals surface area contributed by atoms with Crippen molar-refractivity contribution in [3.63, 3.8) is 0 Å². The molecule has 144 valence electrons. The Hall–Kier alpha value is -2.60. The van der Waals surface area contributed by atoms with Crippen molar-refractivity contribution in [3.8, 4) is 11.5 Å². The molecule has 4 nitrogen and oxygen atoms in total. The molecular formula is C22H20FNO3S. The van der Waals surface area contributed by atoms with E-state index in [4.69, 9.17) is 9.47 Å². The quantitative estimate of drug-likeness (QED) is 0.598. The molecule has 5 rings (SSSR count). The number of carbonyl (C=O) groups excluding carboxylic acids is 1. The van der Waals surface area contributed by atoms with Crippen molar-refractivity contribution < 1.29 is 18.7 Å². The summed E-state index contributed by atoms with van der Waals surface area (Å²) in [6, 6.07) is 12.5. The molecule has 3 heterocycles. The lowest BCUT2D eigenvalue weighted by atomic mass is 10.0. The fraction of sp³-hybridized carbons (Fsp3) is 0.318. The molecule has 1 amide bonds. The van der Waals surface area contributed by atoms with Gasteiger partial charge in [0.25, 0.3) is 5.91 Å². The molecular weight excluding hydrogens is 377 g/mol. The predicted octanol–water partition coefficient (Wildman–Crippen LogP) is 5.18. The zero-order chi connectivity index (χ0) is 19.1. The van der Waals surface area contributed by atoms with E-state index < -0.39 is 0 Å². The first kappa shape index (κ1) is 17.5. The number of carbonyl (C=O) groups is 1. The number of thiophene rings is 1. The third-order valence-corrected chi connectivity index (χ3v) is 6.45. The lowest BCUT2D eigenvalue weighted by Gasteiger charge is -2.25. The van der Waals surface area contributed by atoms with Gasteiger partial charge in [0.2, 0.25) is 0 Å². The minimum absolute atomic E-state index is 0.0104. The molecule has 1 saturated heterocycles. The van der Waals surface area contributed by atoms with E-state index in [1.165, 1.54) is 23.5 Å². The molecule has 0 radical (unpaired) electrons. The van der Waals surface area contributed by atoms with E-state index in [9.17, 15) is 9.18 Å². The molecule has 0 saturated carbocycles. The molecule has 2 aliphatic rings. The van der Waals surface area contributed by atoms with Gasteiger partial charge in [-0.15, -0.1) is 11.3 Å². The Labute approximate surface area is 166 Å². The Morgan fingerprint density at radius 3 is 2.79 bits per heavy atom. The van der Waals surface area contributed by atoms with Crippen LogP contribution in [0.5, 0.6) is 11.5 Å². The Morgan fingerprint density at radius 2 is 1.89 bits per heavy atom. The third kappa shape index (κ3) is 3.11.